The highest BCUT2D eigenvalue weighted by molar-refractivity contribution is 5.37. The van der Waals surface area contributed by atoms with Gasteiger partial charge in [-0.1, -0.05) is 30.3 Å². The highest BCUT2D eigenvalue weighted by Gasteiger charge is 2.14. The molecule has 4 nitrogen and oxygen atoms in total. The summed E-state index contributed by atoms with van der Waals surface area (Å²) in [6.45, 7) is 7.16. The van der Waals surface area contributed by atoms with Crippen LogP contribution in [0.15, 0.2) is 54.6 Å². The van der Waals surface area contributed by atoms with Crippen molar-refractivity contribution in [1.82, 2.24) is 15.1 Å². The Morgan fingerprint density at radius 1 is 1.04 bits per heavy atom. The number of hydrogen-bond donors (Lipinski definition) is 1. The average molecular weight is 335 g/mol. The maximum absolute atomic E-state index is 5.22. The van der Waals surface area contributed by atoms with Crippen molar-refractivity contribution in [1.29, 1.82) is 0 Å². The quantitative estimate of drug-likeness (QED) is 0.728. The molecule has 1 atom stereocenters. The summed E-state index contributed by atoms with van der Waals surface area (Å²) in [6, 6.07) is 18.7. The van der Waals surface area contributed by atoms with Gasteiger partial charge >= 0.3 is 0 Å². The summed E-state index contributed by atoms with van der Waals surface area (Å²) in [5, 5.41) is 8.32. The Labute approximate surface area is 149 Å². The third kappa shape index (κ3) is 3.74. The fourth-order valence-electron chi connectivity index (χ4n) is 3.02. The lowest BCUT2D eigenvalue weighted by molar-refractivity contribution is 0.414. The molecular weight excluding hydrogens is 310 g/mol. The summed E-state index contributed by atoms with van der Waals surface area (Å²) >= 11 is 0. The van der Waals surface area contributed by atoms with Crippen molar-refractivity contribution in [2.24, 2.45) is 0 Å². The van der Waals surface area contributed by atoms with Crippen LogP contribution >= 0.6 is 0 Å². The van der Waals surface area contributed by atoms with Crippen LogP contribution in [0.5, 0.6) is 5.75 Å². The maximum Gasteiger partial charge on any atom is 0.118 e. The van der Waals surface area contributed by atoms with Crippen molar-refractivity contribution in [2.45, 2.75) is 33.4 Å². The Morgan fingerprint density at radius 3 is 2.36 bits per heavy atom. The second-order valence-electron chi connectivity index (χ2n) is 6.27. The molecule has 0 radical (unpaired) electrons. The minimum atomic E-state index is 0.254. The number of aromatic nitrogens is 2. The first-order chi connectivity index (χ1) is 12.1. The number of methoxy groups -OCH3 is 1. The Bertz CT molecular complexity index is 822. The van der Waals surface area contributed by atoms with Crippen LogP contribution in [0.3, 0.4) is 0 Å². The number of ether oxygens (including phenoxy) is 1. The Balaban J connectivity index is 1.73. The van der Waals surface area contributed by atoms with Gasteiger partial charge in [0.2, 0.25) is 0 Å². The molecule has 0 fully saturated rings. The highest BCUT2D eigenvalue weighted by Crippen LogP contribution is 2.21. The van der Waals surface area contributed by atoms with Gasteiger partial charge in [0, 0.05) is 23.8 Å². The lowest BCUT2D eigenvalue weighted by Crippen LogP contribution is -2.19. The third-order valence-corrected chi connectivity index (χ3v) is 4.64. The number of nitrogens with one attached hydrogen (secondary N) is 1. The summed E-state index contributed by atoms with van der Waals surface area (Å²) in [6.07, 6.45) is 0. The minimum absolute atomic E-state index is 0.254. The third-order valence-electron chi connectivity index (χ3n) is 4.64. The molecule has 0 saturated carbocycles. The van der Waals surface area contributed by atoms with Crippen molar-refractivity contribution in [3.63, 3.8) is 0 Å². The molecule has 0 aliphatic carbocycles. The first-order valence-electron chi connectivity index (χ1n) is 8.58. The monoisotopic (exact) mass is 335 g/mol. The number of aryl methyl sites for hydroxylation is 1. The van der Waals surface area contributed by atoms with E-state index in [1.807, 2.05) is 35.0 Å². The molecule has 0 aliphatic rings. The van der Waals surface area contributed by atoms with E-state index in [2.05, 4.69) is 50.4 Å². The normalized spacial score (nSPS) is 12.2. The molecule has 1 heterocycles. The maximum atomic E-state index is 5.22. The van der Waals surface area contributed by atoms with Gasteiger partial charge in [-0.15, -0.1) is 0 Å². The van der Waals surface area contributed by atoms with Crippen molar-refractivity contribution in [3.05, 3.63) is 77.1 Å². The lowest BCUT2D eigenvalue weighted by atomic mass is 10.1. The number of rotatable bonds is 6. The average Bonchev–Trinajstić information content (AvgIpc) is 2.94. The Hall–Kier alpha value is -2.59. The zero-order valence-electron chi connectivity index (χ0n) is 15.3. The summed E-state index contributed by atoms with van der Waals surface area (Å²) in [4.78, 5) is 0. The zero-order valence-corrected chi connectivity index (χ0v) is 15.3. The second kappa shape index (κ2) is 7.53. The summed E-state index contributed by atoms with van der Waals surface area (Å²) in [5.41, 5.74) is 5.84. The molecular formula is C21H25N3O. The van der Waals surface area contributed by atoms with Crippen molar-refractivity contribution in [2.75, 3.05) is 7.11 Å². The number of hydrogen-bond acceptors (Lipinski definition) is 3. The van der Waals surface area contributed by atoms with E-state index in [1.54, 1.807) is 7.11 Å². The van der Waals surface area contributed by atoms with Gasteiger partial charge in [0.05, 0.1) is 18.5 Å². The largest absolute Gasteiger partial charge is 0.497 e. The van der Waals surface area contributed by atoms with E-state index in [1.165, 1.54) is 16.8 Å². The fourth-order valence-corrected chi connectivity index (χ4v) is 3.02. The SMILES string of the molecule is COc1ccc([C@H](C)NCc2c(C)nn(-c3ccccc3)c2C)cc1. The van der Waals surface area contributed by atoms with E-state index in [0.717, 1.165) is 23.7 Å². The highest BCUT2D eigenvalue weighted by atomic mass is 16.5. The van der Waals surface area contributed by atoms with E-state index in [-0.39, 0.29) is 6.04 Å². The molecule has 3 aromatic rings. The Kier molecular flexibility index (Phi) is 5.19. The van der Waals surface area contributed by atoms with Gasteiger partial charge in [0.15, 0.2) is 0 Å². The zero-order chi connectivity index (χ0) is 17.8. The standard InChI is InChI=1S/C21H25N3O/c1-15(18-10-12-20(25-4)13-11-18)22-14-21-16(2)23-24(17(21)3)19-8-6-5-7-9-19/h5-13,15,22H,14H2,1-4H3/t15-/m0/s1. The molecule has 1 N–H and O–H groups in total. The van der Waals surface area contributed by atoms with Crippen LogP contribution in [0.2, 0.25) is 0 Å². The number of nitrogens with zero attached hydrogens (tertiary/aromatic N) is 2. The molecule has 2 aromatic carbocycles. The van der Waals surface area contributed by atoms with Gasteiger partial charge in [0.1, 0.15) is 5.75 Å². The van der Waals surface area contributed by atoms with Crippen LogP contribution in [-0.4, -0.2) is 16.9 Å². The molecule has 0 spiro atoms. The van der Waals surface area contributed by atoms with Crippen LogP contribution in [-0.2, 0) is 6.54 Å². The molecule has 130 valence electrons. The van der Waals surface area contributed by atoms with E-state index in [0.29, 0.717) is 0 Å². The Morgan fingerprint density at radius 2 is 1.72 bits per heavy atom. The molecule has 4 heteroatoms. The second-order valence-corrected chi connectivity index (χ2v) is 6.27. The topological polar surface area (TPSA) is 39.1 Å². The van der Waals surface area contributed by atoms with Gasteiger partial charge in [0.25, 0.3) is 0 Å². The van der Waals surface area contributed by atoms with Crippen LogP contribution in [0.1, 0.15) is 35.5 Å². The minimum Gasteiger partial charge on any atom is -0.497 e. The first kappa shape index (κ1) is 17.2. The van der Waals surface area contributed by atoms with Gasteiger partial charge in [-0.3, -0.25) is 0 Å². The van der Waals surface area contributed by atoms with Gasteiger partial charge in [-0.05, 0) is 50.6 Å². The van der Waals surface area contributed by atoms with Crippen molar-refractivity contribution >= 4 is 0 Å². The van der Waals surface area contributed by atoms with Crippen molar-refractivity contribution < 1.29 is 4.74 Å². The van der Waals surface area contributed by atoms with Crippen molar-refractivity contribution in [3.8, 4) is 11.4 Å². The van der Waals surface area contributed by atoms with E-state index in [9.17, 15) is 0 Å². The molecule has 0 saturated heterocycles. The molecule has 25 heavy (non-hydrogen) atoms. The first-order valence-corrected chi connectivity index (χ1v) is 8.58. The molecule has 3 rings (SSSR count). The molecule has 0 bridgehead atoms. The van der Waals surface area contributed by atoms with Crippen LogP contribution in [0.25, 0.3) is 5.69 Å². The molecule has 0 unspecified atom stereocenters. The molecule has 0 aliphatic heterocycles. The molecule has 1 aromatic heterocycles. The van der Waals surface area contributed by atoms with Crippen LogP contribution in [0, 0.1) is 13.8 Å². The van der Waals surface area contributed by atoms with Gasteiger partial charge in [-0.25, -0.2) is 4.68 Å². The lowest BCUT2D eigenvalue weighted by Gasteiger charge is -2.15. The van der Waals surface area contributed by atoms with Gasteiger partial charge < -0.3 is 10.1 Å². The van der Waals surface area contributed by atoms with Crippen LogP contribution < -0.4 is 10.1 Å². The van der Waals surface area contributed by atoms with E-state index < -0.39 is 0 Å². The van der Waals surface area contributed by atoms with Gasteiger partial charge in [-0.2, -0.15) is 5.10 Å². The summed E-state index contributed by atoms with van der Waals surface area (Å²) in [7, 11) is 1.69. The smallest absolute Gasteiger partial charge is 0.118 e. The number of para-hydroxylation sites is 1. The predicted octanol–water partition coefficient (Wildman–Crippen LogP) is 4.35. The molecule has 0 amide bonds. The number of benzene rings is 2. The van der Waals surface area contributed by atoms with Crippen LogP contribution in [0.4, 0.5) is 0 Å². The summed E-state index contributed by atoms with van der Waals surface area (Å²) < 4.78 is 7.24. The van der Waals surface area contributed by atoms with E-state index >= 15 is 0 Å². The van der Waals surface area contributed by atoms with E-state index in [4.69, 9.17) is 9.84 Å². The fraction of sp³-hybridized carbons (Fsp3) is 0.286. The predicted molar refractivity (Wildman–Crippen MR) is 101 cm³/mol. The summed E-state index contributed by atoms with van der Waals surface area (Å²) in [5.74, 6) is 0.881.